The van der Waals surface area contributed by atoms with Gasteiger partial charge in [0.1, 0.15) is 5.15 Å². The molecule has 0 amide bonds. The number of aromatic nitrogens is 5. The van der Waals surface area contributed by atoms with Gasteiger partial charge < -0.3 is 14.6 Å². The Morgan fingerprint density at radius 3 is 2.61 bits per heavy atom. The van der Waals surface area contributed by atoms with E-state index in [0.29, 0.717) is 28.2 Å². The highest BCUT2D eigenvalue weighted by atomic mass is 35.5. The monoisotopic (exact) mass is 466 g/mol. The average molecular weight is 467 g/mol. The lowest BCUT2D eigenvalue weighted by molar-refractivity contribution is 0.0595. The SMILES string of the molecule is COC(=O)c1nc(Cl)ccc1N[C@H](C)c1cc(C)cc2c(=O)n(C)c(-c3nccn3C)nc12. The van der Waals surface area contributed by atoms with Crippen molar-refractivity contribution in [3.8, 4) is 11.6 Å². The molecule has 10 heteroatoms. The molecule has 1 aromatic carbocycles. The molecule has 0 unspecified atom stereocenters. The molecule has 0 radical (unpaired) electrons. The number of halogens is 1. The zero-order valence-electron chi connectivity index (χ0n) is 18.9. The number of rotatable bonds is 5. The average Bonchev–Trinajstić information content (AvgIpc) is 3.22. The third-order valence-corrected chi connectivity index (χ3v) is 5.66. The molecule has 4 aromatic rings. The van der Waals surface area contributed by atoms with Crippen molar-refractivity contribution in [2.45, 2.75) is 19.9 Å². The molecule has 1 atom stereocenters. The third-order valence-electron chi connectivity index (χ3n) is 5.45. The van der Waals surface area contributed by atoms with Gasteiger partial charge >= 0.3 is 5.97 Å². The summed E-state index contributed by atoms with van der Waals surface area (Å²) in [6.07, 6.45) is 3.46. The van der Waals surface area contributed by atoms with Gasteiger partial charge in [-0.2, -0.15) is 0 Å². The molecule has 0 fully saturated rings. The maximum atomic E-state index is 13.2. The maximum Gasteiger partial charge on any atom is 0.358 e. The number of ether oxygens (including phenoxy) is 1. The lowest BCUT2D eigenvalue weighted by Crippen LogP contribution is -2.23. The number of imidazole rings is 1. The van der Waals surface area contributed by atoms with Crippen molar-refractivity contribution in [3.05, 3.63) is 69.0 Å². The Morgan fingerprint density at radius 2 is 1.94 bits per heavy atom. The molecule has 3 heterocycles. The van der Waals surface area contributed by atoms with Crippen molar-refractivity contribution >= 4 is 34.2 Å². The number of fused-ring (bicyclic) bond motifs is 1. The summed E-state index contributed by atoms with van der Waals surface area (Å²) in [5.74, 6) is 0.435. The van der Waals surface area contributed by atoms with Gasteiger partial charge in [0.25, 0.3) is 5.56 Å². The summed E-state index contributed by atoms with van der Waals surface area (Å²) in [4.78, 5) is 38.8. The van der Waals surface area contributed by atoms with Crippen LogP contribution in [0.25, 0.3) is 22.6 Å². The van der Waals surface area contributed by atoms with Gasteiger partial charge in [-0.1, -0.05) is 17.7 Å². The first-order valence-corrected chi connectivity index (χ1v) is 10.6. The molecule has 4 rings (SSSR count). The smallest absolute Gasteiger partial charge is 0.358 e. The minimum atomic E-state index is -0.606. The van der Waals surface area contributed by atoms with Crippen molar-refractivity contribution in [1.82, 2.24) is 24.1 Å². The molecule has 0 aliphatic carbocycles. The first-order valence-electron chi connectivity index (χ1n) is 10.2. The summed E-state index contributed by atoms with van der Waals surface area (Å²) < 4.78 is 8.16. The Bertz CT molecular complexity index is 1440. The topological polar surface area (TPSA) is 104 Å². The Morgan fingerprint density at radius 1 is 1.18 bits per heavy atom. The summed E-state index contributed by atoms with van der Waals surface area (Å²) in [6.45, 7) is 3.84. The fraction of sp³-hybridized carbons (Fsp3) is 0.261. The van der Waals surface area contributed by atoms with Crippen LogP contribution in [0.1, 0.15) is 34.6 Å². The molecular formula is C23H23ClN6O3. The molecule has 9 nitrogen and oxygen atoms in total. The molecule has 0 bridgehead atoms. The summed E-state index contributed by atoms with van der Waals surface area (Å²) in [6, 6.07) is 6.72. The number of benzene rings is 1. The molecule has 0 saturated carbocycles. The van der Waals surface area contributed by atoms with E-state index >= 15 is 0 Å². The predicted molar refractivity (Wildman–Crippen MR) is 127 cm³/mol. The Labute approximate surface area is 195 Å². The number of anilines is 1. The minimum Gasteiger partial charge on any atom is -0.464 e. The fourth-order valence-electron chi connectivity index (χ4n) is 3.78. The van der Waals surface area contributed by atoms with Crippen LogP contribution in [0.4, 0.5) is 5.69 Å². The van der Waals surface area contributed by atoms with E-state index in [2.05, 4.69) is 15.3 Å². The van der Waals surface area contributed by atoms with Gasteiger partial charge in [-0.25, -0.2) is 19.7 Å². The van der Waals surface area contributed by atoms with Crippen LogP contribution in [0.2, 0.25) is 5.15 Å². The second kappa shape index (κ2) is 8.67. The van der Waals surface area contributed by atoms with Gasteiger partial charge in [-0.15, -0.1) is 0 Å². The Hall–Kier alpha value is -3.72. The van der Waals surface area contributed by atoms with Gasteiger partial charge in [0.15, 0.2) is 17.3 Å². The number of hydrogen-bond acceptors (Lipinski definition) is 7. The van der Waals surface area contributed by atoms with E-state index in [1.165, 1.54) is 11.7 Å². The summed E-state index contributed by atoms with van der Waals surface area (Å²) in [5.41, 5.74) is 2.64. The van der Waals surface area contributed by atoms with Crippen LogP contribution >= 0.6 is 11.6 Å². The molecule has 0 aliphatic heterocycles. The van der Waals surface area contributed by atoms with E-state index in [-0.39, 0.29) is 22.4 Å². The zero-order valence-corrected chi connectivity index (χ0v) is 19.6. The zero-order chi connectivity index (χ0) is 23.9. The highest BCUT2D eigenvalue weighted by Crippen LogP contribution is 2.29. The van der Waals surface area contributed by atoms with E-state index in [1.54, 1.807) is 31.6 Å². The predicted octanol–water partition coefficient (Wildman–Crippen LogP) is 3.65. The quantitative estimate of drug-likeness (QED) is 0.353. The number of methoxy groups -OCH3 is 1. The van der Waals surface area contributed by atoms with Crippen LogP contribution in [0.15, 0.2) is 41.5 Å². The molecular weight excluding hydrogens is 444 g/mol. The van der Waals surface area contributed by atoms with Crippen molar-refractivity contribution < 1.29 is 9.53 Å². The van der Waals surface area contributed by atoms with Crippen LogP contribution in [0.3, 0.4) is 0 Å². The van der Waals surface area contributed by atoms with Crippen LogP contribution < -0.4 is 10.9 Å². The van der Waals surface area contributed by atoms with Gasteiger partial charge in [-0.3, -0.25) is 9.36 Å². The largest absolute Gasteiger partial charge is 0.464 e. The van der Waals surface area contributed by atoms with Crippen molar-refractivity contribution in [2.24, 2.45) is 14.1 Å². The van der Waals surface area contributed by atoms with Crippen molar-refractivity contribution in [2.75, 3.05) is 12.4 Å². The molecule has 3 aromatic heterocycles. The Balaban J connectivity index is 1.88. The van der Waals surface area contributed by atoms with E-state index in [0.717, 1.165) is 11.1 Å². The van der Waals surface area contributed by atoms with Gasteiger partial charge in [0.2, 0.25) is 0 Å². The van der Waals surface area contributed by atoms with Crippen LogP contribution in [-0.4, -0.2) is 37.2 Å². The van der Waals surface area contributed by atoms with E-state index in [4.69, 9.17) is 21.3 Å². The van der Waals surface area contributed by atoms with Crippen LogP contribution in [0, 0.1) is 6.92 Å². The Kier molecular flexibility index (Phi) is 5.90. The van der Waals surface area contributed by atoms with Crippen molar-refractivity contribution in [1.29, 1.82) is 0 Å². The van der Waals surface area contributed by atoms with E-state index < -0.39 is 5.97 Å². The summed E-state index contributed by atoms with van der Waals surface area (Å²) in [5, 5.41) is 3.98. The standard InChI is InChI=1S/C23H23ClN6O3/c1-12-10-14(13(2)26-16-6-7-17(24)27-19(16)23(32)33-5)18-15(11-12)22(31)30(4)21(28-18)20-25-8-9-29(20)3/h6-11,13,26H,1-5H3/t13-/m1/s1. The van der Waals surface area contributed by atoms with Crippen LogP contribution in [0.5, 0.6) is 0 Å². The highest BCUT2D eigenvalue weighted by Gasteiger charge is 2.21. The second-order valence-corrected chi connectivity index (χ2v) is 8.19. The lowest BCUT2D eigenvalue weighted by Gasteiger charge is -2.20. The number of carbonyl (C=O) groups excluding carboxylic acids is 1. The fourth-order valence-corrected chi connectivity index (χ4v) is 3.93. The molecule has 33 heavy (non-hydrogen) atoms. The third kappa shape index (κ3) is 4.07. The number of pyridine rings is 1. The number of esters is 1. The minimum absolute atomic E-state index is 0.0754. The molecule has 0 spiro atoms. The first-order chi connectivity index (χ1) is 15.7. The van der Waals surface area contributed by atoms with E-state index in [9.17, 15) is 9.59 Å². The second-order valence-electron chi connectivity index (χ2n) is 7.80. The first kappa shape index (κ1) is 22.5. The normalized spacial score (nSPS) is 12.1. The number of nitrogens with one attached hydrogen (secondary N) is 1. The molecule has 170 valence electrons. The maximum absolute atomic E-state index is 13.2. The summed E-state index contributed by atoms with van der Waals surface area (Å²) in [7, 11) is 4.82. The number of aryl methyl sites for hydroxylation is 2. The van der Waals surface area contributed by atoms with Gasteiger partial charge in [-0.05, 0) is 37.6 Å². The van der Waals surface area contributed by atoms with Gasteiger partial charge in [0, 0.05) is 32.1 Å². The summed E-state index contributed by atoms with van der Waals surface area (Å²) >= 11 is 5.98. The molecule has 0 saturated heterocycles. The van der Waals surface area contributed by atoms with Crippen LogP contribution in [-0.2, 0) is 18.8 Å². The highest BCUT2D eigenvalue weighted by molar-refractivity contribution is 6.29. The number of carbonyl (C=O) groups is 1. The van der Waals surface area contributed by atoms with Crippen molar-refractivity contribution in [3.63, 3.8) is 0 Å². The van der Waals surface area contributed by atoms with E-state index in [1.807, 2.05) is 37.6 Å². The number of hydrogen-bond donors (Lipinski definition) is 1. The lowest BCUT2D eigenvalue weighted by atomic mass is 10.0. The molecule has 0 aliphatic rings. The van der Waals surface area contributed by atoms with Gasteiger partial charge in [0.05, 0.1) is 29.7 Å². The molecule has 1 N–H and O–H groups in total. The number of nitrogens with zero attached hydrogens (tertiary/aromatic N) is 5.